The van der Waals surface area contributed by atoms with Crippen LogP contribution in [0.2, 0.25) is 0 Å². The Hall–Kier alpha value is -5.08. The van der Waals surface area contributed by atoms with Crippen LogP contribution in [0.15, 0.2) is 36.5 Å². The van der Waals surface area contributed by atoms with Crippen LogP contribution in [0, 0.1) is 23.2 Å². The van der Waals surface area contributed by atoms with E-state index in [0.717, 1.165) is 12.8 Å². The number of carbonyl (C=O) groups excluding carboxylic acids is 3. The van der Waals surface area contributed by atoms with Crippen molar-refractivity contribution in [2.45, 2.75) is 116 Å². The van der Waals surface area contributed by atoms with Crippen LogP contribution in [0.3, 0.4) is 0 Å². The summed E-state index contributed by atoms with van der Waals surface area (Å²) < 4.78 is 19.6. The molecule has 3 saturated carbocycles. The van der Waals surface area contributed by atoms with Crippen LogP contribution in [0.5, 0.6) is 11.5 Å². The normalized spacial score (nSPS) is 27.3. The molecule has 2 aromatic heterocycles. The first-order chi connectivity index (χ1) is 26.1. The van der Waals surface area contributed by atoms with Gasteiger partial charge in [-0.1, -0.05) is 34.1 Å². The number of likely N-dealkylation sites (tertiary alicyclic amines) is 1. The van der Waals surface area contributed by atoms with Gasteiger partial charge < -0.3 is 40.2 Å². The maximum Gasteiger partial charge on any atom is 0.408 e. The fraction of sp³-hybridized carbons (Fsp3) is 0.600. The molecule has 3 amide bonds. The quantitative estimate of drug-likeness (QED) is 0.186. The molecule has 3 aliphatic carbocycles. The van der Waals surface area contributed by atoms with Crippen LogP contribution in [-0.4, -0.2) is 98.2 Å². The standard InChI is InChI=1S/C40H53N7O8/c1-8-24-19-40(24,37(50)51)44-35(48)30-17-27(20-46(30)36(49)34(39(4,5)6)43-38(52)55-26-14-22-13-23(22)15-26)54-31-18-33(47-12-11-32(45-47)41-21(2)3)42-29-16-25(53-7)9-10-28(29)31/h9-12,16,18,21-24,26-27,30,34H,8,13-15,17,19-20H2,1-7H3,(H,41,45)(H,43,52)(H,44,48)(H,50,51)/t22-,23+,24-,26?,27-,30+,34-,40-/m1/s1. The second-order valence-corrected chi connectivity index (χ2v) is 17.1. The van der Waals surface area contributed by atoms with Gasteiger partial charge in [0.15, 0.2) is 5.82 Å². The molecule has 1 saturated heterocycles. The Bertz CT molecular complexity index is 1970. The van der Waals surface area contributed by atoms with E-state index in [1.54, 1.807) is 36.2 Å². The van der Waals surface area contributed by atoms with E-state index in [2.05, 4.69) is 21.0 Å². The average molecular weight is 760 g/mol. The molecular formula is C40H53N7O8. The summed E-state index contributed by atoms with van der Waals surface area (Å²) in [5, 5.41) is 24.4. The van der Waals surface area contributed by atoms with Crippen molar-refractivity contribution < 1.29 is 38.5 Å². The molecule has 4 N–H and O–H groups in total. The van der Waals surface area contributed by atoms with E-state index in [1.807, 2.05) is 53.7 Å². The molecule has 3 aromatic rings. The van der Waals surface area contributed by atoms with Crippen molar-refractivity contribution in [3.05, 3.63) is 36.5 Å². The van der Waals surface area contributed by atoms with Gasteiger partial charge >= 0.3 is 12.1 Å². The Labute approximate surface area is 320 Å². The molecule has 1 aliphatic heterocycles. The predicted molar refractivity (Wildman–Crippen MR) is 203 cm³/mol. The van der Waals surface area contributed by atoms with E-state index in [-0.39, 0.29) is 31.0 Å². The molecule has 0 bridgehead atoms. The average Bonchev–Trinajstić information content (AvgIpc) is 3.79. The van der Waals surface area contributed by atoms with Crippen molar-refractivity contribution in [2.24, 2.45) is 23.2 Å². The highest BCUT2D eigenvalue weighted by Crippen LogP contribution is 2.52. The zero-order chi connectivity index (χ0) is 39.4. The number of pyridine rings is 1. The number of anilines is 1. The van der Waals surface area contributed by atoms with Gasteiger partial charge in [-0.3, -0.25) is 9.59 Å². The smallest absolute Gasteiger partial charge is 0.408 e. The summed E-state index contributed by atoms with van der Waals surface area (Å²) in [5.41, 5.74) is -1.57. The van der Waals surface area contributed by atoms with Gasteiger partial charge in [-0.25, -0.2) is 19.3 Å². The number of nitrogens with one attached hydrogen (secondary N) is 3. The lowest BCUT2D eigenvalue weighted by molar-refractivity contribution is -0.146. The van der Waals surface area contributed by atoms with Gasteiger partial charge in [0.1, 0.15) is 47.1 Å². The van der Waals surface area contributed by atoms with E-state index < -0.39 is 53.0 Å². The van der Waals surface area contributed by atoms with Crippen LogP contribution in [-0.2, 0) is 19.1 Å². The lowest BCUT2D eigenvalue weighted by Gasteiger charge is -2.35. The number of aliphatic carboxylic acids is 1. The number of rotatable bonds is 13. The van der Waals surface area contributed by atoms with Crippen molar-refractivity contribution in [3.8, 4) is 17.3 Å². The number of alkyl carbamates (subject to hydrolysis) is 1. The SMILES string of the molecule is CC[C@@H]1C[C@]1(NC(=O)[C@@H]1C[C@@H](Oc2cc(-n3ccc(NC(C)C)n3)nc3cc(OC)ccc23)CN1C(=O)[C@@H](NC(=O)OC1C[C@@H]2C[C@@H]2C1)C(C)(C)C)C(=O)O. The molecular weight excluding hydrogens is 706 g/mol. The first-order valence-corrected chi connectivity index (χ1v) is 19.4. The largest absolute Gasteiger partial charge is 0.497 e. The molecule has 55 heavy (non-hydrogen) atoms. The molecule has 15 heteroatoms. The summed E-state index contributed by atoms with van der Waals surface area (Å²) in [7, 11) is 1.57. The first-order valence-electron chi connectivity index (χ1n) is 19.4. The molecule has 1 unspecified atom stereocenters. The Morgan fingerprint density at radius 2 is 1.78 bits per heavy atom. The molecule has 0 spiro atoms. The number of hydrogen-bond acceptors (Lipinski definition) is 10. The van der Waals surface area contributed by atoms with Gasteiger partial charge in [0.25, 0.3) is 0 Å². The number of hydrogen-bond donors (Lipinski definition) is 4. The summed E-state index contributed by atoms with van der Waals surface area (Å²) in [6, 6.07) is 7.10. The summed E-state index contributed by atoms with van der Waals surface area (Å²) >= 11 is 0. The van der Waals surface area contributed by atoms with E-state index in [1.165, 1.54) is 11.3 Å². The van der Waals surface area contributed by atoms with Gasteiger partial charge in [-0.15, -0.1) is 5.10 Å². The number of benzene rings is 1. The van der Waals surface area contributed by atoms with E-state index in [0.29, 0.717) is 58.7 Å². The Morgan fingerprint density at radius 1 is 1.04 bits per heavy atom. The maximum absolute atomic E-state index is 14.6. The second kappa shape index (κ2) is 14.5. The Kier molecular flexibility index (Phi) is 10.1. The summed E-state index contributed by atoms with van der Waals surface area (Å²) in [4.78, 5) is 60.7. The molecule has 8 atom stereocenters. The third-order valence-corrected chi connectivity index (χ3v) is 11.5. The molecule has 3 heterocycles. The molecule has 15 nitrogen and oxygen atoms in total. The number of ether oxygens (including phenoxy) is 3. The molecule has 7 rings (SSSR count). The number of carboxylic acids is 1. The van der Waals surface area contributed by atoms with E-state index in [9.17, 15) is 24.3 Å². The number of carboxylic acid groups (broad SMARTS) is 1. The molecule has 296 valence electrons. The Morgan fingerprint density at radius 3 is 2.42 bits per heavy atom. The van der Waals surface area contributed by atoms with Crippen LogP contribution in [0.25, 0.3) is 16.7 Å². The van der Waals surface area contributed by atoms with Gasteiger partial charge in [-0.2, -0.15) is 0 Å². The molecule has 0 radical (unpaired) electrons. The van der Waals surface area contributed by atoms with Crippen molar-refractivity contribution in [2.75, 3.05) is 19.0 Å². The van der Waals surface area contributed by atoms with Crippen molar-refractivity contribution in [1.82, 2.24) is 30.3 Å². The fourth-order valence-electron chi connectivity index (χ4n) is 8.35. The topological polar surface area (TPSA) is 186 Å². The van der Waals surface area contributed by atoms with Crippen molar-refractivity contribution in [1.29, 1.82) is 0 Å². The minimum Gasteiger partial charge on any atom is -0.497 e. The summed E-state index contributed by atoms with van der Waals surface area (Å²) in [6.45, 7) is 11.4. The van der Waals surface area contributed by atoms with Gasteiger partial charge in [-0.05, 0) is 74.8 Å². The highest BCUT2D eigenvalue weighted by molar-refractivity contribution is 5.96. The highest BCUT2D eigenvalue weighted by Gasteiger charge is 2.61. The minimum absolute atomic E-state index is 0.00300. The summed E-state index contributed by atoms with van der Waals surface area (Å²) in [5.74, 6) is 1.05. The molecule has 1 aromatic carbocycles. The van der Waals surface area contributed by atoms with Crippen LogP contribution in [0.4, 0.5) is 10.6 Å². The number of nitrogens with zero attached hydrogens (tertiary/aromatic N) is 4. The number of carbonyl (C=O) groups is 4. The predicted octanol–water partition coefficient (Wildman–Crippen LogP) is 4.91. The number of aromatic nitrogens is 3. The summed E-state index contributed by atoms with van der Waals surface area (Å²) in [6.07, 6.45) is 4.07. The number of amides is 3. The first kappa shape index (κ1) is 38.2. The molecule has 4 fully saturated rings. The van der Waals surface area contributed by atoms with Crippen LogP contribution in [0.1, 0.15) is 80.1 Å². The van der Waals surface area contributed by atoms with Crippen LogP contribution < -0.4 is 25.4 Å². The lowest BCUT2D eigenvalue weighted by atomic mass is 9.85. The fourth-order valence-corrected chi connectivity index (χ4v) is 8.35. The van der Waals surface area contributed by atoms with Gasteiger partial charge in [0.05, 0.1) is 19.2 Å². The number of fused-ring (bicyclic) bond motifs is 2. The zero-order valence-corrected chi connectivity index (χ0v) is 32.6. The van der Waals surface area contributed by atoms with Gasteiger partial charge in [0.2, 0.25) is 11.8 Å². The van der Waals surface area contributed by atoms with E-state index >= 15 is 0 Å². The highest BCUT2D eigenvalue weighted by atomic mass is 16.6. The van der Waals surface area contributed by atoms with Crippen LogP contribution >= 0.6 is 0 Å². The number of methoxy groups -OCH3 is 1. The second-order valence-electron chi connectivity index (χ2n) is 17.1. The van der Waals surface area contributed by atoms with Gasteiger partial charge in [0, 0.05) is 42.2 Å². The minimum atomic E-state index is -1.39. The monoisotopic (exact) mass is 759 g/mol. The van der Waals surface area contributed by atoms with E-state index in [4.69, 9.17) is 19.2 Å². The van der Waals surface area contributed by atoms with Crippen molar-refractivity contribution in [3.63, 3.8) is 0 Å². The van der Waals surface area contributed by atoms with Crippen molar-refractivity contribution >= 4 is 40.6 Å². The zero-order valence-electron chi connectivity index (χ0n) is 32.6. The third-order valence-electron chi connectivity index (χ3n) is 11.5. The lowest BCUT2D eigenvalue weighted by Crippen LogP contribution is -2.59. The molecule has 4 aliphatic rings. The Balaban J connectivity index is 1.18. The maximum atomic E-state index is 14.6. The third kappa shape index (κ3) is 7.88.